The Morgan fingerprint density at radius 3 is 2.74 bits per heavy atom. The molecule has 2 aliphatic rings. The van der Waals surface area contributed by atoms with Crippen LogP contribution >= 0.6 is 0 Å². The lowest BCUT2D eigenvalue weighted by molar-refractivity contribution is 0.0321. The van der Waals surface area contributed by atoms with Crippen molar-refractivity contribution in [2.75, 3.05) is 26.7 Å². The number of rotatable bonds is 1. The Kier molecular flexibility index (Phi) is 3.64. The summed E-state index contributed by atoms with van der Waals surface area (Å²) in [6.07, 6.45) is 4.05. The molecule has 3 unspecified atom stereocenters. The van der Waals surface area contributed by atoms with Crippen molar-refractivity contribution >= 4 is 0 Å². The Hall–Kier alpha value is -0.860. The van der Waals surface area contributed by atoms with Gasteiger partial charge in [-0.15, -0.1) is 0 Å². The summed E-state index contributed by atoms with van der Waals surface area (Å²) in [5, 5.41) is 3.62. The van der Waals surface area contributed by atoms with Crippen LogP contribution in [0.1, 0.15) is 37.7 Å². The van der Waals surface area contributed by atoms with E-state index in [-0.39, 0.29) is 0 Å². The minimum atomic E-state index is 0.526. The van der Waals surface area contributed by atoms with E-state index < -0.39 is 0 Å². The van der Waals surface area contributed by atoms with E-state index in [2.05, 4.69) is 54.5 Å². The first-order chi connectivity index (χ1) is 9.21. The molecule has 2 heteroatoms. The molecule has 2 aliphatic heterocycles. The standard InChI is InChI=1S/C17H26N2/c1-14-12-17(9-11-19(14)2)8-10-18-13-16(17)15-6-4-3-5-7-15/h3-7,14,16,18H,8-13H2,1-2H3. The van der Waals surface area contributed by atoms with Gasteiger partial charge in [0.15, 0.2) is 0 Å². The van der Waals surface area contributed by atoms with Gasteiger partial charge in [0.1, 0.15) is 0 Å². The quantitative estimate of drug-likeness (QED) is 0.833. The number of benzene rings is 1. The normalized spacial score (nSPS) is 36.5. The zero-order chi connectivity index (χ0) is 13.3. The monoisotopic (exact) mass is 258 g/mol. The molecule has 3 atom stereocenters. The maximum atomic E-state index is 3.62. The molecule has 2 saturated heterocycles. The SMILES string of the molecule is CC1CC2(CCNCC2c2ccccc2)CCN1C. The Bertz CT molecular complexity index is 417. The highest BCUT2D eigenvalue weighted by Gasteiger charge is 2.44. The summed E-state index contributed by atoms with van der Waals surface area (Å²) >= 11 is 0. The Balaban J connectivity index is 1.89. The van der Waals surface area contributed by atoms with Crippen molar-refractivity contribution < 1.29 is 0 Å². The molecular weight excluding hydrogens is 232 g/mol. The fourth-order valence-corrected chi connectivity index (χ4v) is 4.14. The number of nitrogens with one attached hydrogen (secondary N) is 1. The van der Waals surface area contributed by atoms with E-state index in [0.717, 1.165) is 12.6 Å². The summed E-state index contributed by atoms with van der Waals surface area (Å²) in [7, 11) is 2.27. The lowest BCUT2D eigenvalue weighted by Gasteiger charge is -2.51. The first-order valence-corrected chi connectivity index (χ1v) is 7.67. The molecule has 0 amide bonds. The van der Waals surface area contributed by atoms with Crippen LogP contribution in [0.15, 0.2) is 30.3 Å². The van der Waals surface area contributed by atoms with Crippen molar-refractivity contribution in [1.29, 1.82) is 0 Å². The molecule has 0 radical (unpaired) electrons. The highest BCUT2D eigenvalue weighted by molar-refractivity contribution is 5.24. The van der Waals surface area contributed by atoms with Crippen LogP contribution < -0.4 is 5.32 Å². The van der Waals surface area contributed by atoms with Gasteiger partial charge in [-0.05, 0) is 57.3 Å². The summed E-state index contributed by atoms with van der Waals surface area (Å²) in [6, 6.07) is 11.9. The molecule has 1 spiro atoms. The van der Waals surface area contributed by atoms with Crippen LogP contribution in [0.5, 0.6) is 0 Å². The van der Waals surface area contributed by atoms with Gasteiger partial charge in [0.2, 0.25) is 0 Å². The molecule has 104 valence electrons. The van der Waals surface area contributed by atoms with E-state index in [0.29, 0.717) is 11.3 Å². The zero-order valence-electron chi connectivity index (χ0n) is 12.2. The van der Waals surface area contributed by atoms with Gasteiger partial charge in [-0.3, -0.25) is 0 Å². The second-order valence-electron chi connectivity index (χ2n) is 6.56. The summed E-state index contributed by atoms with van der Waals surface area (Å²) in [6.45, 7) is 6.00. The maximum absolute atomic E-state index is 3.62. The molecule has 0 aliphatic carbocycles. The smallest absolute Gasteiger partial charge is 0.00694 e. The van der Waals surface area contributed by atoms with Crippen molar-refractivity contribution in [2.45, 2.75) is 38.1 Å². The minimum Gasteiger partial charge on any atom is -0.316 e. The number of hydrogen-bond acceptors (Lipinski definition) is 2. The summed E-state index contributed by atoms with van der Waals surface area (Å²) in [5.74, 6) is 0.693. The molecule has 19 heavy (non-hydrogen) atoms. The van der Waals surface area contributed by atoms with Crippen LogP contribution in [0.2, 0.25) is 0 Å². The first-order valence-electron chi connectivity index (χ1n) is 7.67. The Morgan fingerprint density at radius 2 is 2.00 bits per heavy atom. The number of likely N-dealkylation sites (tertiary alicyclic amines) is 1. The van der Waals surface area contributed by atoms with E-state index in [1.54, 1.807) is 0 Å². The average molecular weight is 258 g/mol. The molecule has 2 fully saturated rings. The average Bonchev–Trinajstić information content (AvgIpc) is 2.45. The molecule has 1 aromatic carbocycles. The molecule has 0 saturated carbocycles. The summed E-state index contributed by atoms with van der Waals surface area (Å²) in [4.78, 5) is 2.52. The summed E-state index contributed by atoms with van der Waals surface area (Å²) in [5.41, 5.74) is 2.06. The second kappa shape index (κ2) is 5.26. The Labute approximate surface area is 117 Å². The van der Waals surface area contributed by atoms with Crippen LogP contribution in [0.3, 0.4) is 0 Å². The van der Waals surface area contributed by atoms with Gasteiger partial charge in [-0.1, -0.05) is 30.3 Å². The van der Waals surface area contributed by atoms with Crippen molar-refractivity contribution in [2.24, 2.45) is 5.41 Å². The van der Waals surface area contributed by atoms with Gasteiger partial charge in [0.25, 0.3) is 0 Å². The van der Waals surface area contributed by atoms with Crippen LogP contribution in [0, 0.1) is 5.41 Å². The van der Waals surface area contributed by atoms with Gasteiger partial charge in [0.05, 0.1) is 0 Å². The predicted octanol–water partition coefficient (Wildman–Crippen LogP) is 2.86. The molecule has 1 N–H and O–H groups in total. The number of hydrogen-bond donors (Lipinski definition) is 1. The number of piperidine rings is 2. The molecule has 2 nitrogen and oxygen atoms in total. The predicted molar refractivity (Wildman–Crippen MR) is 80.4 cm³/mol. The molecule has 3 rings (SSSR count). The van der Waals surface area contributed by atoms with Crippen LogP contribution in [0.4, 0.5) is 0 Å². The van der Waals surface area contributed by atoms with Crippen molar-refractivity contribution in [3.05, 3.63) is 35.9 Å². The van der Waals surface area contributed by atoms with E-state index in [9.17, 15) is 0 Å². The maximum Gasteiger partial charge on any atom is 0.00694 e. The van der Waals surface area contributed by atoms with E-state index in [1.807, 2.05) is 0 Å². The third-order valence-corrected chi connectivity index (χ3v) is 5.51. The van der Waals surface area contributed by atoms with E-state index >= 15 is 0 Å². The second-order valence-corrected chi connectivity index (χ2v) is 6.56. The van der Waals surface area contributed by atoms with Crippen LogP contribution in [-0.4, -0.2) is 37.6 Å². The third-order valence-electron chi connectivity index (χ3n) is 5.51. The fraction of sp³-hybridized carbons (Fsp3) is 0.647. The van der Waals surface area contributed by atoms with Gasteiger partial charge < -0.3 is 10.2 Å². The molecule has 1 aromatic rings. The van der Waals surface area contributed by atoms with Crippen LogP contribution in [0.25, 0.3) is 0 Å². The lowest BCUT2D eigenvalue weighted by atomic mass is 9.61. The summed E-state index contributed by atoms with van der Waals surface area (Å²) < 4.78 is 0. The molecule has 2 heterocycles. The zero-order valence-corrected chi connectivity index (χ0v) is 12.2. The van der Waals surface area contributed by atoms with Crippen molar-refractivity contribution in [1.82, 2.24) is 10.2 Å². The molecule has 0 bridgehead atoms. The fourth-order valence-electron chi connectivity index (χ4n) is 4.14. The minimum absolute atomic E-state index is 0.526. The topological polar surface area (TPSA) is 15.3 Å². The Morgan fingerprint density at radius 1 is 1.21 bits per heavy atom. The van der Waals surface area contributed by atoms with E-state index in [4.69, 9.17) is 0 Å². The molecular formula is C17H26N2. The number of nitrogens with zero attached hydrogens (tertiary/aromatic N) is 1. The van der Waals surface area contributed by atoms with Gasteiger partial charge in [0, 0.05) is 18.5 Å². The highest BCUT2D eigenvalue weighted by atomic mass is 15.1. The first kappa shape index (κ1) is 13.1. The third kappa shape index (κ3) is 2.44. The molecule has 0 aromatic heterocycles. The van der Waals surface area contributed by atoms with Crippen molar-refractivity contribution in [3.63, 3.8) is 0 Å². The van der Waals surface area contributed by atoms with Gasteiger partial charge in [-0.2, -0.15) is 0 Å². The lowest BCUT2D eigenvalue weighted by Crippen LogP contribution is -2.52. The van der Waals surface area contributed by atoms with E-state index in [1.165, 1.54) is 37.9 Å². The van der Waals surface area contributed by atoms with Crippen LogP contribution in [-0.2, 0) is 0 Å². The van der Waals surface area contributed by atoms with Gasteiger partial charge >= 0.3 is 0 Å². The van der Waals surface area contributed by atoms with Gasteiger partial charge in [-0.25, -0.2) is 0 Å². The highest BCUT2D eigenvalue weighted by Crippen LogP contribution is 2.49. The largest absolute Gasteiger partial charge is 0.316 e. The van der Waals surface area contributed by atoms with Crippen molar-refractivity contribution in [3.8, 4) is 0 Å².